The van der Waals surface area contributed by atoms with Gasteiger partial charge in [-0.2, -0.15) is 4.98 Å². The van der Waals surface area contributed by atoms with Crippen LogP contribution < -0.4 is 4.74 Å². The Morgan fingerprint density at radius 3 is 2.86 bits per heavy atom. The van der Waals surface area contributed by atoms with Gasteiger partial charge in [0.1, 0.15) is 0 Å². The molecule has 112 valence electrons. The number of halogens is 1. The molecular weight excluding hydrogens is 298 g/mol. The van der Waals surface area contributed by atoms with E-state index in [0.717, 1.165) is 0 Å². The molecule has 0 fully saturated rings. The van der Waals surface area contributed by atoms with E-state index in [4.69, 9.17) is 20.9 Å². The van der Waals surface area contributed by atoms with E-state index in [-0.39, 0.29) is 29.3 Å². The Labute approximate surface area is 126 Å². The van der Waals surface area contributed by atoms with E-state index in [9.17, 15) is 10.1 Å². The van der Waals surface area contributed by atoms with Crippen molar-refractivity contribution in [3.05, 3.63) is 34.1 Å². The van der Waals surface area contributed by atoms with Gasteiger partial charge < -0.3 is 9.26 Å². The first-order chi connectivity index (χ1) is 10.1. The fourth-order valence-corrected chi connectivity index (χ4v) is 1.88. The maximum absolute atomic E-state index is 11.1. The maximum atomic E-state index is 11.1. The summed E-state index contributed by atoms with van der Waals surface area (Å²) in [6, 6.07) is 4.53. The summed E-state index contributed by atoms with van der Waals surface area (Å²) < 4.78 is 10.5. The number of nitro groups is 1. The number of nitrogens with zero attached hydrogens (tertiary/aromatic N) is 3. The Hall–Kier alpha value is -2.15. The average Bonchev–Trinajstić information content (AvgIpc) is 2.96. The van der Waals surface area contributed by atoms with Crippen molar-refractivity contribution in [1.29, 1.82) is 0 Å². The summed E-state index contributed by atoms with van der Waals surface area (Å²) in [4.78, 5) is 14.7. The number of alkyl halides is 1. The molecule has 0 aliphatic carbocycles. The second-order valence-electron chi connectivity index (χ2n) is 4.18. The van der Waals surface area contributed by atoms with Crippen molar-refractivity contribution in [2.75, 3.05) is 6.61 Å². The number of ether oxygens (including phenoxy) is 1. The maximum Gasteiger partial charge on any atom is 0.311 e. The lowest BCUT2D eigenvalue weighted by molar-refractivity contribution is -0.385. The Morgan fingerprint density at radius 1 is 1.48 bits per heavy atom. The molecule has 0 spiro atoms. The van der Waals surface area contributed by atoms with E-state index in [1.165, 1.54) is 12.1 Å². The van der Waals surface area contributed by atoms with Gasteiger partial charge in [0.25, 0.3) is 5.89 Å². The molecule has 1 aromatic carbocycles. The van der Waals surface area contributed by atoms with Gasteiger partial charge in [-0.1, -0.05) is 18.1 Å². The molecule has 1 unspecified atom stereocenters. The van der Waals surface area contributed by atoms with Gasteiger partial charge in [0.15, 0.2) is 5.82 Å². The zero-order valence-corrected chi connectivity index (χ0v) is 12.3. The molecule has 7 nitrogen and oxygen atoms in total. The first-order valence-electron chi connectivity index (χ1n) is 6.46. The van der Waals surface area contributed by atoms with Gasteiger partial charge in [0.05, 0.1) is 22.5 Å². The zero-order valence-electron chi connectivity index (χ0n) is 11.6. The van der Waals surface area contributed by atoms with Crippen LogP contribution in [-0.4, -0.2) is 21.7 Å². The van der Waals surface area contributed by atoms with Crippen LogP contribution in [0.1, 0.15) is 31.5 Å². The van der Waals surface area contributed by atoms with E-state index in [0.29, 0.717) is 17.8 Å². The first kappa shape index (κ1) is 15.2. The number of nitro benzene ring substituents is 1. The average molecular weight is 312 g/mol. The van der Waals surface area contributed by atoms with Crippen LogP contribution in [0.3, 0.4) is 0 Å². The van der Waals surface area contributed by atoms with Gasteiger partial charge in [-0.15, -0.1) is 11.6 Å². The Morgan fingerprint density at radius 2 is 2.24 bits per heavy atom. The number of para-hydroxylation sites is 1. The lowest BCUT2D eigenvalue weighted by atomic mass is 10.1. The van der Waals surface area contributed by atoms with Crippen LogP contribution in [0, 0.1) is 10.1 Å². The molecular formula is C13H14ClN3O4. The highest BCUT2D eigenvalue weighted by molar-refractivity contribution is 6.20. The second-order valence-corrected chi connectivity index (χ2v) is 4.70. The Kier molecular flexibility index (Phi) is 4.74. The third-order valence-electron chi connectivity index (χ3n) is 2.79. The van der Waals surface area contributed by atoms with Gasteiger partial charge in [0.2, 0.25) is 5.75 Å². The second kappa shape index (κ2) is 6.53. The van der Waals surface area contributed by atoms with Crippen LogP contribution in [-0.2, 0) is 0 Å². The summed E-state index contributed by atoms with van der Waals surface area (Å²) in [5.41, 5.74) is 0.233. The number of benzene rings is 1. The molecule has 0 saturated heterocycles. The number of aromatic nitrogens is 2. The van der Waals surface area contributed by atoms with Crippen LogP contribution in [0.25, 0.3) is 11.5 Å². The summed E-state index contributed by atoms with van der Waals surface area (Å²) in [6.07, 6.45) is 0.647. The summed E-state index contributed by atoms with van der Waals surface area (Å²) in [6.45, 7) is 3.92. The van der Waals surface area contributed by atoms with Crippen molar-refractivity contribution in [3.8, 4) is 17.2 Å². The van der Waals surface area contributed by atoms with Crippen LogP contribution >= 0.6 is 11.6 Å². The van der Waals surface area contributed by atoms with Crippen LogP contribution in [0.2, 0.25) is 0 Å². The van der Waals surface area contributed by atoms with E-state index >= 15 is 0 Å². The standard InChI is InChI=1S/C13H14ClN3O4/c1-3-9(14)12-15-13(21-16-12)8-6-5-7-10(17(18)19)11(8)20-4-2/h5-7,9H,3-4H2,1-2H3. The van der Waals surface area contributed by atoms with Crippen LogP contribution in [0.4, 0.5) is 5.69 Å². The Balaban J connectivity index is 2.50. The molecule has 0 saturated carbocycles. The highest BCUT2D eigenvalue weighted by Gasteiger charge is 2.24. The van der Waals surface area contributed by atoms with Crippen molar-refractivity contribution in [2.24, 2.45) is 0 Å². The quantitative estimate of drug-likeness (QED) is 0.458. The third-order valence-corrected chi connectivity index (χ3v) is 3.29. The topological polar surface area (TPSA) is 91.3 Å². The molecule has 0 aliphatic rings. The van der Waals surface area contributed by atoms with E-state index in [1.54, 1.807) is 13.0 Å². The highest BCUT2D eigenvalue weighted by atomic mass is 35.5. The summed E-state index contributed by atoms with van der Waals surface area (Å²) in [7, 11) is 0. The zero-order chi connectivity index (χ0) is 15.4. The molecule has 0 N–H and O–H groups in total. The van der Waals surface area contributed by atoms with Crippen molar-refractivity contribution in [2.45, 2.75) is 25.6 Å². The van der Waals surface area contributed by atoms with Gasteiger partial charge in [-0.05, 0) is 19.4 Å². The molecule has 0 amide bonds. The van der Waals surface area contributed by atoms with Crippen LogP contribution in [0.5, 0.6) is 5.75 Å². The third kappa shape index (κ3) is 3.13. The van der Waals surface area contributed by atoms with Gasteiger partial charge in [-0.3, -0.25) is 10.1 Å². The van der Waals surface area contributed by atoms with E-state index < -0.39 is 4.92 Å². The molecule has 1 aromatic heterocycles. The number of hydrogen-bond donors (Lipinski definition) is 0. The summed E-state index contributed by atoms with van der Waals surface area (Å²) in [5.74, 6) is 0.613. The normalized spacial score (nSPS) is 12.1. The fourth-order valence-electron chi connectivity index (χ4n) is 1.79. The minimum atomic E-state index is -0.512. The number of rotatable bonds is 6. The molecule has 0 bridgehead atoms. The minimum absolute atomic E-state index is 0.114. The largest absolute Gasteiger partial charge is 0.487 e. The first-order valence-corrected chi connectivity index (χ1v) is 6.90. The molecule has 1 atom stereocenters. The lowest BCUT2D eigenvalue weighted by Gasteiger charge is -2.07. The molecule has 0 radical (unpaired) electrons. The number of hydrogen-bond acceptors (Lipinski definition) is 6. The predicted molar refractivity (Wildman–Crippen MR) is 76.4 cm³/mol. The molecule has 1 heterocycles. The van der Waals surface area contributed by atoms with Crippen molar-refractivity contribution in [3.63, 3.8) is 0 Å². The van der Waals surface area contributed by atoms with Gasteiger partial charge >= 0.3 is 5.69 Å². The molecule has 2 rings (SSSR count). The van der Waals surface area contributed by atoms with Crippen molar-refractivity contribution in [1.82, 2.24) is 10.1 Å². The molecule has 0 aliphatic heterocycles. The van der Waals surface area contributed by atoms with Gasteiger partial charge in [-0.25, -0.2) is 0 Å². The van der Waals surface area contributed by atoms with E-state index in [1.807, 2.05) is 6.92 Å². The Bertz CT molecular complexity index is 644. The van der Waals surface area contributed by atoms with Gasteiger partial charge in [0, 0.05) is 6.07 Å². The molecule has 8 heteroatoms. The molecule has 2 aromatic rings. The summed E-state index contributed by atoms with van der Waals surface area (Å²) >= 11 is 6.05. The smallest absolute Gasteiger partial charge is 0.311 e. The highest BCUT2D eigenvalue weighted by Crippen LogP contribution is 2.37. The minimum Gasteiger partial charge on any atom is -0.487 e. The van der Waals surface area contributed by atoms with Crippen molar-refractivity contribution >= 4 is 17.3 Å². The fraction of sp³-hybridized carbons (Fsp3) is 0.385. The van der Waals surface area contributed by atoms with Crippen LogP contribution in [0.15, 0.2) is 22.7 Å². The van der Waals surface area contributed by atoms with Crippen molar-refractivity contribution < 1.29 is 14.2 Å². The summed E-state index contributed by atoms with van der Waals surface area (Å²) in [5, 5.41) is 14.5. The van der Waals surface area contributed by atoms with E-state index in [2.05, 4.69) is 10.1 Å². The monoisotopic (exact) mass is 311 g/mol. The predicted octanol–water partition coefficient (Wildman–Crippen LogP) is 3.73. The molecule has 21 heavy (non-hydrogen) atoms. The lowest BCUT2D eigenvalue weighted by Crippen LogP contribution is -1.99. The SMILES string of the molecule is CCOc1c(-c2nc(C(Cl)CC)no2)cccc1[N+](=O)[O-].